The van der Waals surface area contributed by atoms with Crippen molar-refractivity contribution in [2.75, 3.05) is 13.2 Å². The number of carbonyl (C=O) groups is 2. The van der Waals surface area contributed by atoms with Crippen molar-refractivity contribution in [3.63, 3.8) is 0 Å². The van der Waals surface area contributed by atoms with Crippen molar-refractivity contribution in [1.29, 1.82) is 0 Å². The first-order valence-corrected chi connectivity index (χ1v) is 42.8. The molecule has 0 saturated heterocycles. The first-order chi connectivity index (χ1) is 46.0. The molecule has 0 aromatic heterocycles. The lowest BCUT2D eigenvalue weighted by atomic mass is 10.0. The lowest BCUT2D eigenvalue weighted by Crippen LogP contribution is -2.45. The Morgan fingerprint density at radius 2 is 0.505 bits per heavy atom. The average molecular weight is 1310 g/mol. The first kappa shape index (κ1) is 91.1. The van der Waals surface area contributed by atoms with Crippen LogP contribution in [0, 0.1) is 0 Å². The minimum absolute atomic E-state index is 0.0135. The topological polar surface area (TPSA) is 95.9 Å². The zero-order valence-electron chi connectivity index (χ0n) is 63.3. The van der Waals surface area contributed by atoms with E-state index in [2.05, 4.69) is 43.5 Å². The number of carbonyl (C=O) groups excluding carboxylic acids is 2. The van der Waals surface area contributed by atoms with Crippen molar-refractivity contribution in [3.05, 3.63) is 36.5 Å². The van der Waals surface area contributed by atoms with Gasteiger partial charge in [0.25, 0.3) is 0 Å². The van der Waals surface area contributed by atoms with Crippen LogP contribution in [0.3, 0.4) is 0 Å². The van der Waals surface area contributed by atoms with Gasteiger partial charge in [0.2, 0.25) is 5.91 Å². The summed E-state index contributed by atoms with van der Waals surface area (Å²) in [5, 5.41) is 23.3. The number of hydrogen-bond donors (Lipinski definition) is 3. The molecule has 0 radical (unpaired) electrons. The van der Waals surface area contributed by atoms with Gasteiger partial charge >= 0.3 is 5.97 Å². The molecule has 1 amide bonds. The predicted octanol–water partition coefficient (Wildman–Crippen LogP) is 28.6. The molecule has 3 N–H and O–H groups in total. The van der Waals surface area contributed by atoms with Gasteiger partial charge in [-0.3, -0.25) is 9.59 Å². The Kier molecular flexibility index (Phi) is 80.8. The van der Waals surface area contributed by atoms with E-state index in [1.807, 2.05) is 6.08 Å². The van der Waals surface area contributed by atoms with E-state index in [0.29, 0.717) is 19.4 Å². The standard InChI is InChI=1S/C87H167NO5/c1-3-5-7-9-11-13-15-17-19-20-21-22-23-37-40-43-46-49-52-55-59-63-67-71-75-79-85(90)84(83-89)88-86(91)80-76-72-68-64-60-56-53-50-47-44-41-38-35-33-31-29-27-25-24-26-28-30-32-34-36-39-42-45-48-51-54-58-62-66-70-74-78-82-93-87(92)81-77-73-69-65-61-57-18-16-14-12-10-8-6-4-2/h16,18,24,26,75,79,84-85,89-90H,3-15,17,19-23,25,27-74,76-78,80-83H2,1-2H3,(H,88,91)/b18-16-,26-24-,79-75+. The molecule has 2 atom stereocenters. The highest BCUT2D eigenvalue weighted by atomic mass is 16.5. The molecule has 6 heteroatoms. The molecule has 0 aliphatic rings. The Labute approximate surface area is 583 Å². The number of esters is 1. The molecule has 0 heterocycles. The van der Waals surface area contributed by atoms with E-state index in [0.717, 1.165) is 44.9 Å². The maximum atomic E-state index is 12.6. The molecule has 0 fully saturated rings. The third-order valence-corrected chi connectivity index (χ3v) is 20.1. The summed E-state index contributed by atoms with van der Waals surface area (Å²) in [6.07, 6.45) is 109. The van der Waals surface area contributed by atoms with Crippen LogP contribution in [0.15, 0.2) is 36.5 Å². The van der Waals surface area contributed by atoms with E-state index in [1.165, 1.54) is 411 Å². The average Bonchev–Trinajstić information content (AvgIpc) is 3.77. The quantitative estimate of drug-likeness (QED) is 0.0320. The smallest absolute Gasteiger partial charge is 0.305 e. The van der Waals surface area contributed by atoms with Gasteiger partial charge in [0.1, 0.15) is 0 Å². The second-order valence-corrected chi connectivity index (χ2v) is 29.5. The van der Waals surface area contributed by atoms with Crippen LogP contribution in [0.5, 0.6) is 0 Å². The lowest BCUT2D eigenvalue weighted by molar-refractivity contribution is -0.143. The molecule has 0 saturated carbocycles. The normalized spacial score (nSPS) is 12.6. The van der Waals surface area contributed by atoms with Gasteiger partial charge in [-0.25, -0.2) is 0 Å². The molecule has 0 spiro atoms. The zero-order chi connectivity index (χ0) is 67.0. The van der Waals surface area contributed by atoms with Gasteiger partial charge in [-0.1, -0.05) is 423 Å². The van der Waals surface area contributed by atoms with E-state index in [-0.39, 0.29) is 18.5 Å². The van der Waals surface area contributed by atoms with E-state index in [9.17, 15) is 19.8 Å². The van der Waals surface area contributed by atoms with Crippen molar-refractivity contribution >= 4 is 11.9 Å². The summed E-state index contributed by atoms with van der Waals surface area (Å²) in [4.78, 5) is 24.6. The molecule has 0 aromatic rings. The molecular formula is C87H167NO5. The molecule has 93 heavy (non-hydrogen) atoms. The van der Waals surface area contributed by atoms with Crippen molar-refractivity contribution in [1.82, 2.24) is 5.32 Å². The molecule has 0 rings (SSSR count). The Morgan fingerprint density at radius 1 is 0.290 bits per heavy atom. The third kappa shape index (κ3) is 79.0. The number of aliphatic hydroxyl groups is 2. The fourth-order valence-corrected chi connectivity index (χ4v) is 13.6. The lowest BCUT2D eigenvalue weighted by Gasteiger charge is -2.20. The van der Waals surface area contributed by atoms with Crippen LogP contribution in [0.4, 0.5) is 0 Å². The van der Waals surface area contributed by atoms with E-state index in [1.54, 1.807) is 6.08 Å². The van der Waals surface area contributed by atoms with Crippen LogP contribution >= 0.6 is 0 Å². The summed E-state index contributed by atoms with van der Waals surface area (Å²) < 4.78 is 5.50. The van der Waals surface area contributed by atoms with Crippen LogP contribution < -0.4 is 5.32 Å². The molecular weight excluding hydrogens is 1140 g/mol. The van der Waals surface area contributed by atoms with Crippen molar-refractivity contribution < 1.29 is 24.5 Å². The highest BCUT2D eigenvalue weighted by Crippen LogP contribution is 2.20. The minimum Gasteiger partial charge on any atom is -0.466 e. The molecule has 0 bridgehead atoms. The number of ether oxygens (including phenoxy) is 1. The number of rotatable bonds is 81. The predicted molar refractivity (Wildman–Crippen MR) is 412 cm³/mol. The van der Waals surface area contributed by atoms with Crippen molar-refractivity contribution in [2.24, 2.45) is 0 Å². The molecule has 0 aliphatic heterocycles. The van der Waals surface area contributed by atoms with Gasteiger partial charge in [0.05, 0.1) is 25.4 Å². The summed E-state index contributed by atoms with van der Waals surface area (Å²) in [5.74, 6) is -0.0449. The van der Waals surface area contributed by atoms with Crippen LogP contribution in [0.1, 0.15) is 483 Å². The maximum Gasteiger partial charge on any atom is 0.305 e. The third-order valence-electron chi connectivity index (χ3n) is 20.1. The molecule has 2 unspecified atom stereocenters. The Hall–Kier alpha value is -1.92. The first-order valence-electron chi connectivity index (χ1n) is 42.8. The van der Waals surface area contributed by atoms with Crippen LogP contribution in [0.25, 0.3) is 0 Å². The number of amides is 1. The second kappa shape index (κ2) is 82.5. The summed E-state index contributed by atoms with van der Waals surface area (Å²) in [7, 11) is 0. The summed E-state index contributed by atoms with van der Waals surface area (Å²) in [5.41, 5.74) is 0. The summed E-state index contributed by atoms with van der Waals surface area (Å²) >= 11 is 0. The molecule has 0 aliphatic carbocycles. The van der Waals surface area contributed by atoms with E-state index < -0.39 is 12.1 Å². The molecule has 0 aromatic carbocycles. The summed E-state index contributed by atoms with van der Waals surface area (Å²) in [6.45, 7) is 4.95. The van der Waals surface area contributed by atoms with Crippen LogP contribution in [-0.2, 0) is 14.3 Å². The maximum absolute atomic E-state index is 12.6. The highest BCUT2D eigenvalue weighted by molar-refractivity contribution is 5.76. The van der Waals surface area contributed by atoms with Gasteiger partial charge < -0.3 is 20.3 Å². The zero-order valence-corrected chi connectivity index (χ0v) is 63.3. The van der Waals surface area contributed by atoms with Gasteiger partial charge in [-0.05, 0) is 83.5 Å². The van der Waals surface area contributed by atoms with E-state index in [4.69, 9.17) is 4.74 Å². The SMILES string of the molecule is CCCCCCC/C=C\CCCCCCCC(=O)OCCCCCCCCCCCCCCCCCC/C=C\CCCCCCCCCCCCCCCCCCCC(=O)NC(CO)C(O)/C=C/CCCCCCCCCCCCCCCCCCCCCCCCC. The second-order valence-electron chi connectivity index (χ2n) is 29.5. The Morgan fingerprint density at radius 3 is 0.763 bits per heavy atom. The van der Waals surface area contributed by atoms with Gasteiger partial charge in [-0.2, -0.15) is 0 Å². The molecule has 6 nitrogen and oxygen atoms in total. The van der Waals surface area contributed by atoms with Crippen molar-refractivity contribution in [2.45, 2.75) is 495 Å². The number of aliphatic hydroxyl groups excluding tert-OH is 2. The Balaban J connectivity index is 3.36. The fraction of sp³-hybridized carbons (Fsp3) is 0.908. The number of nitrogens with one attached hydrogen (secondary N) is 1. The number of unbranched alkanes of at least 4 members (excludes halogenated alkanes) is 66. The number of hydrogen-bond acceptors (Lipinski definition) is 5. The number of allylic oxidation sites excluding steroid dienone is 5. The largest absolute Gasteiger partial charge is 0.466 e. The Bertz CT molecular complexity index is 1510. The van der Waals surface area contributed by atoms with Crippen LogP contribution in [0.2, 0.25) is 0 Å². The summed E-state index contributed by atoms with van der Waals surface area (Å²) in [6, 6.07) is -0.627. The highest BCUT2D eigenvalue weighted by Gasteiger charge is 2.18. The van der Waals surface area contributed by atoms with Gasteiger partial charge in [-0.15, -0.1) is 0 Å². The van der Waals surface area contributed by atoms with Gasteiger partial charge in [0, 0.05) is 12.8 Å². The van der Waals surface area contributed by atoms with Crippen LogP contribution in [-0.4, -0.2) is 47.4 Å². The minimum atomic E-state index is -0.844. The van der Waals surface area contributed by atoms with E-state index >= 15 is 0 Å². The fourth-order valence-electron chi connectivity index (χ4n) is 13.6. The van der Waals surface area contributed by atoms with Gasteiger partial charge in [0.15, 0.2) is 0 Å². The monoisotopic (exact) mass is 1310 g/mol. The molecule has 550 valence electrons. The van der Waals surface area contributed by atoms with Crippen molar-refractivity contribution in [3.8, 4) is 0 Å².